The van der Waals surface area contributed by atoms with Gasteiger partial charge in [-0.15, -0.1) is 0 Å². The Bertz CT molecular complexity index is 787. The fourth-order valence-electron chi connectivity index (χ4n) is 2.83. The van der Waals surface area contributed by atoms with Gasteiger partial charge in [0.25, 0.3) is 17.7 Å². The number of nitrogens with zero attached hydrogens (tertiary/aromatic N) is 1. The first-order valence-electron chi connectivity index (χ1n) is 8.98. The van der Waals surface area contributed by atoms with Crippen LogP contribution < -0.4 is 10.6 Å². The molecule has 156 valence electrons. The molecule has 1 aliphatic heterocycles. The number of imide groups is 2. The third kappa shape index (κ3) is 5.17. The van der Waals surface area contributed by atoms with E-state index in [1.807, 2.05) is 5.32 Å². The molecule has 1 aromatic carbocycles. The van der Waals surface area contributed by atoms with Crippen LogP contribution in [-0.2, 0) is 19.1 Å². The van der Waals surface area contributed by atoms with Gasteiger partial charge in [-0.2, -0.15) is 0 Å². The fourth-order valence-corrected chi connectivity index (χ4v) is 2.83. The van der Waals surface area contributed by atoms with Crippen LogP contribution in [0.5, 0.6) is 0 Å². The van der Waals surface area contributed by atoms with Crippen LogP contribution in [0.1, 0.15) is 34.6 Å². The third-order valence-corrected chi connectivity index (χ3v) is 4.17. The van der Waals surface area contributed by atoms with Gasteiger partial charge >= 0.3 is 12.0 Å². The average molecular weight is 405 g/mol. The van der Waals surface area contributed by atoms with Gasteiger partial charge in [0.1, 0.15) is 6.04 Å². The van der Waals surface area contributed by atoms with Gasteiger partial charge in [0.2, 0.25) is 0 Å². The van der Waals surface area contributed by atoms with Crippen molar-refractivity contribution in [2.45, 2.75) is 19.9 Å². The lowest BCUT2D eigenvalue weighted by molar-refractivity contribution is -0.153. The van der Waals surface area contributed by atoms with E-state index < -0.39 is 48.3 Å². The number of carbonyl (C=O) groups is 5. The van der Waals surface area contributed by atoms with Gasteiger partial charge in [0, 0.05) is 13.7 Å². The molecule has 2 rings (SSSR count). The fraction of sp³-hybridized carbons (Fsp3) is 0.421. The summed E-state index contributed by atoms with van der Waals surface area (Å²) in [5, 5.41) is 4.37. The van der Waals surface area contributed by atoms with Crippen molar-refractivity contribution >= 4 is 29.7 Å². The molecule has 5 amide bonds. The van der Waals surface area contributed by atoms with Crippen LogP contribution in [0, 0.1) is 5.92 Å². The van der Waals surface area contributed by atoms with E-state index in [1.165, 1.54) is 19.2 Å². The van der Waals surface area contributed by atoms with E-state index >= 15 is 0 Å². The van der Waals surface area contributed by atoms with Gasteiger partial charge in [0.15, 0.2) is 6.61 Å². The highest BCUT2D eigenvalue weighted by Gasteiger charge is 2.44. The summed E-state index contributed by atoms with van der Waals surface area (Å²) in [4.78, 5) is 61.9. The molecular formula is C19H23N3O7. The number of hydrogen-bond acceptors (Lipinski definition) is 7. The van der Waals surface area contributed by atoms with Crippen molar-refractivity contribution in [3.63, 3.8) is 0 Å². The zero-order valence-electron chi connectivity index (χ0n) is 16.4. The number of methoxy groups -OCH3 is 1. The summed E-state index contributed by atoms with van der Waals surface area (Å²) < 4.78 is 9.72. The summed E-state index contributed by atoms with van der Waals surface area (Å²) in [6.07, 6.45) is 0. The van der Waals surface area contributed by atoms with Crippen molar-refractivity contribution in [2.24, 2.45) is 5.92 Å². The number of ether oxygens (including phenoxy) is 2. The topological polar surface area (TPSA) is 131 Å². The van der Waals surface area contributed by atoms with Crippen molar-refractivity contribution in [3.05, 3.63) is 35.4 Å². The van der Waals surface area contributed by atoms with E-state index in [9.17, 15) is 24.0 Å². The number of fused-ring (bicyclic) bond motifs is 1. The molecule has 1 heterocycles. The Balaban J connectivity index is 1.99. The minimum Gasteiger partial charge on any atom is -0.454 e. The van der Waals surface area contributed by atoms with E-state index in [0.29, 0.717) is 0 Å². The van der Waals surface area contributed by atoms with Crippen molar-refractivity contribution in [1.29, 1.82) is 0 Å². The number of amides is 5. The van der Waals surface area contributed by atoms with Crippen LogP contribution in [0.25, 0.3) is 0 Å². The molecule has 0 fully saturated rings. The van der Waals surface area contributed by atoms with Gasteiger partial charge < -0.3 is 14.8 Å². The molecule has 10 nitrogen and oxygen atoms in total. The Hall–Kier alpha value is -3.27. The van der Waals surface area contributed by atoms with E-state index in [1.54, 1.807) is 26.0 Å². The predicted molar refractivity (Wildman–Crippen MR) is 99.9 cm³/mol. The van der Waals surface area contributed by atoms with Gasteiger partial charge in [-0.3, -0.25) is 24.6 Å². The highest BCUT2D eigenvalue weighted by molar-refractivity contribution is 6.22. The van der Waals surface area contributed by atoms with Crippen LogP contribution in [0.4, 0.5) is 4.79 Å². The van der Waals surface area contributed by atoms with Gasteiger partial charge in [-0.25, -0.2) is 9.59 Å². The number of carbonyl (C=O) groups excluding carboxylic acids is 5. The lowest BCUT2D eigenvalue weighted by Crippen LogP contribution is -2.49. The molecular weight excluding hydrogens is 382 g/mol. The minimum atomic E-state index is -1.20. The second-order valence-electron chi connectivity index (χ2n) is 6.62. The Kier molecular flexibility index (Phi) is 7.43. The molecule has 0 spiro atoms. The molecule has 0 saturated heterocycles. The molecule has 0 saturated carbocycles. The molecule has 10 heteroatoms. The summed E-state index contributed by atoms with van der Waals surface area (Å²) in [5.74, 6) is -3.40. The monoisotopic (exact) mass is 405 g/mol. The molecule has 1 aliphatic rings. The predicted octanol–water partition coefficient (Wildman–Crippen LogP) is 0.323. The second-order valence-corrected chi connectivity index (χ2v) is 6.62. The number of rotatable bonds is 8. The van der Waals surface area contributed by atoms with Crippen LogP contribution in [-0.4, -0.2) is 67.5 Å². The van der Waals surface area contributed by atoms with Crippen molar-refractivity contribution in [1.82, 2.24) is 15.5 Å². The van der Waals surface area contributed by atoms with Crippen LogP contribution in [0.2, 0.25) is 0 Å². The highest BCUT2D eigenvalue weighted by Crippen LogP contribution is 2.27. The Morgan fingerprint density at radius 1 is 1.07 bits per heavy atom. The first kappa shape index (κ1) is 22.0. The summed E-state index contributed by atoms with van der Waals surface area (Å²) in [6.45, 7) is 3.04. The largest absolute Gasteiger partial charge is 0.454 e. The first-order chi connectivity index (χ1) is 13.8. The Morgan fingerprint density at radius 3 is 2.17 bits per heavy atom. The zero-order valence-corrected chi connectivity index (χ0v) is 16.4. The van der Waals surface area contributed by atoms with Gasteiger partial charge in [-0.1, -0.05) is 26.0 Å². The summed E-state index contributed by atoms with van der Waals surface area (Å²) in [5.41, 5.74) is 0.419. The molecule has 0 aliphatic carbocycles. The molecule has 0 unspecified atom stereocenters. The lowest BCUT2D eigenvalue weighted by atomic mass is 10.0. The Morgan fingerprint density at radius 2 is 1.66 bits per heavy atom. The minimum absolute atomic E-state index is 0.199. The number of hydrogen-bond donors (Lipinski definition) is 2. The SMILES string of the molecule is COCCNC(=O)NC(=O)COC(=O)[C@H](C(C)C)N1C(=O)c2ccccc2C1=O. The third-order valence-electron chi connectivity index (χ3n) is 4.17. The maximum atomic E-state index is 12.6. The van der Waals surface area contributed by atoms with Crippen molar-refractivity contribution < 1.29 is 33.4 Å². The van der Waals surface area contributed by atoms with E-state index in [0.717, 1.165) is 4.90 Å². The van der Waals surface area contributed by atoms with Crippen LogP contribution in [0.3, 0.4) is 0 Å². The normalized spacial score (nSPS) is 13.9. The summed E-state index contributed by atoms with van der Waals surface area (Å²) >= 11 is 0. The number of esters is 1. The zero-order chi connectivity index (χ0) is 21.6. The quantitative estimate of drug-likeness (QED) is 0.362. The number of benzene rings is 1. The van der Waals surface area contributed by atoms with Crippen LogP contribution in [0.15, 0.2) is 24.3 Å². The standard InChI is InChI=1S/C19H23N3O7/c1-11(2)15(22-16(24)12-6-4-5-7-13(12)17(22)25)18(26)29-10-14(23)21-19(27)20-8-9-28-3/h4-7,11,15H,8-10H2,1-3H3,(H2,20,21,23,27)/t15-/m0/s1. The highest BCUT2D eigenvalue weighted by atomic mass is 16.5. The van der Waals surface area contributed by atoms with Crippen LogP contribution >= 0.6 is 0 Å². The Labute approximate surface area is 167 Å². The number of urea groups is 1. The molecule has 29 heavy (non-hydrogen) atoms. The maximum Gasteiger partial charge on any atom is 0.330 e. The van der Waals surface area contributed by atoms with E-state index in [4.69, 9.17) is 9.47 Å². The molecule has 2 N–H and O–H groups in total. The number of nitrogens with one attached hydrogen (secondary N) is 2. The first-order valence-corrected chi connectivity index (χ1v) is 8.98. The van der Waals surface area contributed by atoms with E-state index in [-0.39, 0.29) is 24.3 Å². The average Bonchev–Trinajstić information content (AvgIpc) is 2.92. The molecule has 1 aromatic rings. The molecule has 1 atom stereocenters. The molecule has 0 aromatic heterocycles. The second kappa shape index (κ2) is 9.78. The van der Waals surface area contributed by atoms with Gasteiger partial charge in [0.05, 0.1) is 17.7 Å². The van der Waals surface area contributed by atoms with Crippen molar-refractivity contribution in [2.75, 3.05) is 26.9 Å². The summed E-state index contributed by atoms with van der Waals surface area (Å²) in [6, 6.07) is 4.30. The molecule has 0 bridgehead atoms. The smallest absolute Gasteiger partial charge is 0.330 e. The maximum absolute atomic E-state index is 12.6. The molecule has 0 radical (unpaired) electrons. The lowest BCUT2D eigenvalue weighted by Gasteiger charge is -2.27. The summed E-state index contributed by atoms with van der Waals surface area (Å²) in [7, 11) is 1.46. The van der Waals surface area contributed by atoms with Crippen molar-refractivity contribution in [3.8, 4) is 0 Å². The van der Waals surface area contributed by atoms with Gasteiger partial charge in [-0.05, 0) is 18.1 Å². The van der Waals surface area contributed by atoms with E-state index in [2.05, 4.69) is 5.32 Å².